The summed E-state index contributed by atoms with van der Waals surface area (Å²) >= 11 is 2.29. The minimum atomic E-state index is 0.507. The Morgan fingerprint density at radius 3 is 2.43 bits per heavy atom. The van der Waals surface area contributed by atoms with E-state index in [-0.39, 0.29) is 0 Å². The zero-order valence-electron chi connectivity index (χ0n) is 16.4. The average Bonchev–Trinajstić information content (AvgIpc) is 2.69. The van der Waals surface area contributed by atoms with E-state index in [0.29, 0.717) is 13.2 Å². The van der Waals surface area contributed by atoms with Gasteiger partial charge in [0.2, 0.25) is 0 Å². The van der Waals surface area contributed by atoms with E-state index in [9.17, 15) is 0 Å². The first kappa shape index (κ1) is 20.4. The van der Waals surface area contributed by atoms with Gasteiger partial charge in [0, 0.05) is 6.21 Å². The van der Waals surface area contributed by atoms with Crippen molar-refractivity contribution in [2.45, 2.75) is 27.4 Å². The van der Waals surface area contributed by atoms with Crippen LogP contribution in [0.25, 0.3) is 0 Å². The highest BCUT2D eigenvalue weighted by Gasteiger charge is 2.12. The van der Waals surface area contributed by atoms with Crippen molar-refractivity contribution in [2.75, 3.05) is 6.61 Å². The van der Waals surface area contributed by atoms with Crippen LogP contribution in [0.5, 0.6) is 11.5 Å². The van der Waals surface area contributed by atoms with Crippen LogP contribution in [0.3, 0.4) is 0 Å². The van der Waals surface area contributed by atoms with Crippen molar-refractivity contribution in [3.05, 3.63) is 86.5 Å². The molecule has 0 unspecified atom stereocenters. The van der Waals surface area contributed by atoms with E-state index in [4.69, 9.17) is 9.47 Å². The van der Waals surface area contributed by atoms with Gasteiger partial charge in [-0.2, -0.15) is 0 Å². The van der Waals surface area contributed by atoms with Gasteiger partial charge in [0.15, 0.2) is 11.5 Å². The Morgan fingerprint density at radius 2 is 1.71 bits per heavy atom. The molecule has 0 amide bonds. The van der Waals surface area contributed by atoms with E-state index >= 15 is 0 Å². The molecule has 0 bridgehead atoms. The van der Waals surface area contributed by atoms with Gasteiger partial charge in [0.05, 0.1) is 15.9 Å². The monoisotopic (exact) mass is 485 g/mol. The summed E-state index contributed by atoms with van der Waals surface area (Å²) in [4.78, 5) is 4.62. The first-order valence-electron chi connectivity index (χ1n) is 9.31. The van der Waals surface area contributed by atoms with Gasteiger partial charge in [0.25, 0.3) is 0 Å². The molecule has 0 N–H and O–H groups in total. The Labute approximate surface area is 180 Å². The van der Waals surface area contributed by atoms with Crippen LogP contribution in [0.15, 0.2) is 65.7 Å². The highest BCUT2D eigenvalue weighted by atomic mass is 127. The fraction of sp³-hybridized carbons (Fsp3) is 0.208. The molecule has 0 aliphatic carbocycles. The molecule has 4 heteroatoms. The number of nitrogens with zero attached hydrogens (tertiary/aromatic N) is 1. The molecule has 3 rings (SSSR count). The standard InChI is InChI=1S/C24H24INO2/c1-4-27-23-14-20(15-26-21-11-10-17(2)18(3)12-21)13-22(25)24(23)28-16-19-8-6-5-7-9-19/h5-15H,4,16H2,1-3H3. The second-order valence-electron chi connectivity index (χ2n) is 6.56. The lowest BCUT2D eigenvalue weighted by Crippen LogP contribution is -2.02. The van der Waals surface area contributed by atoms with Crippen molar-refractivity contribution in [1.29, 1.82) is 0 Å². The maximum absolute atomic E-state index is 6.08. The summed E-state index contributed by atoms with van der Waals surface area (Å²) in [5, 5.41) is 0. The number of halogens is 1. The molecule has 0 saturated heterocycles. The number of hydrogen-bond acceptors (Lipinski definition) is 3. The Hall–Kier alpha value is -2.34. The molecule has 0 aliphatic rings. The van der Waals surface area contributed by atoms with E-state index < -0.39 is 0 Å². The van der Waals surface area contributed by atoms with Crippen LogP contribution >= 0.6 is 22.6 Å². The fourth-order valence-corrected chi connectivity index (χ4v) is 3.53. The van der Waals surface area contributed by atoms with Gasteiger partial charge in [-0.1, -0.05) is 36.4 Å². The molecule has 0 fully saturated rings. The summed E-state index contributed by atoms with van der Waals surface area (Å²) in [6, 6.07) is 20.4. The number of rotatable bonds is 7. The van der Waals surface area contributed by atoms with Crippen molar-refractivity contribution in [3.63, 3.8) is 0 Å². The molecule has 0 atom stereocenters. The molecule has 28 heavy (non-hydrogen) atoms. The molecule has 0 heterocycles. The third-order valence-electron chi connectivity index (χ3n) is 4.41. The maximum atomic E-state index is 6.08. The molecule has 0 aromatic heterocycles. The Balaban J connectivity index is 1.83. The predicted octanol–water partition coefficient (Wildman–Crippen LogP) is 6.64. The number of hydrogen-bond donors (Lipinski definition) is 0. The van der Waals surface area contributed by atoms with Gasteiger partial charge in [0.1, 0.15) is 6.61 Å². The third kappa shape index (κ3) is 5.35. The number of ether oxygens (including phenoxy) is 2. The number of aliphatic imine (C=N–C) groups is 1. The molecule has 144 valence electrons. The van der Waals surface area contributed by atoms with Gasteiger partial charge >= 0.3 is 0 Å². The van der Waals surface area contributed by atoms with E-state index in [1.54, 1.807) is 0 Å². The molecule has 0 spiro atoms. The van der Waals surface area contributed by atoms with Crippen LogP contribution in [0.4, 0.5) is 5.69 Å². The number of benzene rings is 3. The second kappa shape index (κ2) is 9.73. The molecular formula is C24H24INO2. The zero-order chi connectivity index (χ0) is 19.9. The van der Waals surface area contributed by atoms with Crippen LogP contribution in [-0.4, -0.2) is 12.8 Å². The van der Waals surface area contributed by atoms with Gasteiger partial charge in [-0.05, 0) is 89.9 Å². The minimum absolute atomic E-state index is 0.507. The Kier molecular flexibility index (Phi) is 7.09. The summed E-state index contributed by atoms with van der Waals surface area (Å²) in [6.45, 7) is 7.27. The zero-order valence-corrected chi connectivity index (χ0v) is 18.6. The molecular weight excluding hydrogens is 461 g/mol. The SMILES string of the molecule is CCOc1cc(C=Nc2ccc(C)c(C)c2)cc(I)c1OCc1ccccc1. The summed E-state index contributed by atoms with van der Waals surface area (Å²) in [5.74, 6) is 1.52. The van der Waals surface area contributed by atoms with Crippen molar-refractivity contribution in [1.82, 2.24) is 0 Å². The van der Waals surface area contributed by atoms with Crippen molar-refractivity contribution >= 4 is 34.5 Å². The summed E-state index contributed by atoms with van der Waals surface area (Å²) < 4.78 is 12.9. The Bertz CT molecular complexity index is 968. The first-order chi connectivity index (χ1) is 13.6. The van der Waals surface area contributed by atoms with Crippen LogP contribution in [0, 0.1) is 17.4 Å². The molecule has 0 radical (unpaired) electrons. The number of aryl methyl sites for hydroxylation is 2. The van der Waals surface area contributed by atoms with Gasteiger partial charge < -0.3 is 9.47 Å². The van der Waals surface area contributed by atoms with Crippen molar-refractivity contribution < 1.29 is 9.47 Å². The fourth-order valence-electron chi connectivity index (χ4n) is 2.75. The summed E-state index contributed by atoms with van der Waals surface area (Å²) in [5.41, 5.74) is 5.57. The normalized spacial score (nSPS) is 11.0. The quantitative estimate of drug-likeness (QED) is 0.278. The lowest BCUT2D eigenvalue weighted by molar-refractivity contribution is 0.267. The van der Waals surface area contributed by atoms with Crippen LogP contribution in [0.1, 0.15) is 29.2 Å². The van der Waals surface area contributed by atoms with Gasteiger partial charge in [-0.3, -0.25) is 4.99 Å². The van der Waals surface area contributed by atoms with E-state index in [1.165, 1.54) is 11.1 Å². The van der Waals surface area contributed by atoms with Gasteiger partial charge in [-0.15, -0.1) is 0 Å². The highest BCUT2D eigenvalue weighted by Crippen LogP contribution is 2.34. The van der Waals surface area contributed by atoms with E-state index in [2.05, 4.69) is 71.8 Å². The van der Waals surface area contributed by atoms with E-state index in [0.717, 1.165) is 31.9 Å². The summed E-state index contributed by atoms with van der Waals surface area (Å²) in [7, 11) is 0. The lowest BCUT2D eigenvalue weighted by Gasteiger charge is -2.14. The van der Waals surface area contributed by atoms with Crippen molar-refractivity contribution in [3.8, 4) is 11.5 Å². The Morgan fingerprint density at radius 1 is 0.929 bits per heavy atom. The predicted molar refractivity (Wildman–Crippen MR) is 124 cm³/mol. The van der Waals surface area contributed by atoms with Crippen LogP contribution in [-0.2, 0) is 6.61 Å². The average molecular weight is 485 g/mol. The molecule has 3 aromatic carbocycles. The highest BCUT2D eigenvalue weighted by molar-refractivity contribution is 14.1. The van der Waals surface area contributed by atoms with Crippen molar-refractivity contribution in [2.24, 2.45) is 4.99 Å². The third-order valence-corrected chi connectivity index (χ3v) is 5.21. The van der Waals surface area contributed by atoms with Crippen LogP contribution in [0.2, 0.25) is 0 Å². The second-order valence-corrected chi connectivity index (χ2v) is 7.73. The molecule has 3 nitrogen and oxygen atoms in total. The van der Waals surface area contributed by atoms with Gasteiger partial charge in [-0.25, -0.2) is 0 Å². The van der Waals surface area contributed by atoms with E-state index in [1.807, 2.05) is 43.5 Å². The van der Waals surface area contributed by atoms with Crippen LogP contribution < -0.4 is 9.47 Å². The lowest BCUT2D eigenvalue weighted by atomic mass is 10.1. The summed E-state index contributed by atoms with van der Waals surface area (Å²) in [6.07, 6.45) is 1.87. The maximum Gasteiger partial charge on any atom is 0.175 e. The first-order valence-corrected chi connectivity index (χ1v) is 10.4. The smallest absolute Gasteiger partial charge is 0.175 e. The molecule has 0 saturated carbocycles. The molecule has 3 aromatic rings. The topological polar surface area (TPSA) is 30.8 Å². The minimum Gasteiger partial charge on any atom is -0.490 e. The largest absolute Gasteiger partial charge is 0.490 e. The molecule has 0 aliphatic heterocycles.